The molecular formula is C18H17NO4S. The highest BCUT2D eigenvalue weighted by Gasteiger charge is 2.23. The van der Waals surface area contributed by atoms with E-state index in [1.54, 1.807) is 24.3 Å². The van der Waals surface area contributed by atoms with E-state index in [4.69, 9.17) is 8.92 Å². The van der Waals surface area contributed by atoms with Gasteiger partial charge < -0.3 is 8.92 Å². The van der Waals surface area contributed by atoms with Crippen LogP contribution in [0.25, 0.3) is 10.9 Å². The van der Waals surface area contributed by atoms with Gasteiger partial charge in [0.05, 0.1) is 7.11 Å². The maximum Gasteiger partial charge on any atom is 0.343 e. The van der Waals surface area contributed by atoms with Crippen molar-refractivity contribution in [2.75, 3.05) is 7.11 Å². The van der Waals surface area contributed by atoms with E-state index in [9.17, 15) is 8.42 Å². The maximum absolute atomic E-state index is 12.7. The lowest BCUT2D eigenvalue weighted by atomic mass is 10.2. The van der Waals surface area contributed by atoms with Gasteiger partial charge in [-0.15, -0.1) is 0 Å². The molecule has 124 valence electrons. The number of hydrogen-bond acceptors (Lipinski definition) is 5. The van der Waals surface area contributed by atoms with E-state index in [1.807, 2.05) is 32.0 Å². The molecule has 0 bridgehead atoms. The predicted molar refractivity (Wildman–Crippen MR) is 92.0 cm³/mol. The molecule has 0 fully saturated rings. The van der Waals surface area contributed by atoms with Crippen molar-refractivity contribution in [3.05, 3.63) is 59.8 Å². The highest BCUT2D eigenvalue weighted by molar-refractivity contribution is 7.87. The first-order valence-electron chi connectivity index (χ1n) is 7.36. The van der Waals surface area contributed by atoms with Crippen LogP contribution >= 0.6 is 0 Å². The molecule has 0 saturated carbocycles. The minimum Gasteiger partial charge on any atom is -0.495 e. The zero-order valence-electron chi connectivity index (χ0n) is 13.6. The van der Waals surface area contributed by atoms with Crippen molar-refractivity contribution in [2.24, 2.45) is 0 Å². The summed E-state index contributed by atoms with van der Waals surface area (Å²) in [5.74, 6) is 0.443. The third kappa shape index (κ3) is 3.05. The van der Waals surface area contributed by atoms with E-state index in [-0.39, 0.29) is 16.4 Å². The number of fused-ring (bicyclic) bond motifs is 1. The molecule has 24 heavy (non-hydrogen) atoms. The van der Waals surface area contributed by atoms with Gasteiger partial charge in [-0.1, -0.05) is 24.3 Å². The fourth-order valence-electron chi connectivity index (χ4n) is 2.43. The van der Waals surface area contributed by atoms with Crippen LogP contribution in [-0.2, 0) is 10.1 Å². The SMILES string of the molecule is COc1cc(C)ccc1S(=O)(=O)Oc1cccc2ccc(C)nc12. The Morgan fingerprint density at radius 2 is 1.75 bits per heavy atom. The van der Waals surface area contributed by atoms with Gasteiger partial charge in [0, 0.05) is 11.1 Å². The lowest BCUT2D eigenvalue weighted by Crippen LogP contribution is -2.11. The van der Waals surface area contributed by atoms with Gasteiger partial charge in [-0.3, -0.25) is 0 Å². The molecule has 0 N–H and O–H groups in total. The number of para-hydroxylation sites is 1. The summed E-state index contributed by atoms with van der Waals surface area (Å²) in [6, 6.07) is 13.8. The molecule has 0 aliphatic heterocycles. The number of nitrogens with zero attached hydrogens (tertiary/aromatic N) is 1. The molecule has 0 saturated heterocycles. The summed E-state index contributed by atoms with van der Waals surface area (Å²) in [5, 5.41) is 0.809. The van der Waals surface area contributed by atoms with Gasteiger partial charge in [0.15, 0.2) is 5.75 Å². The summed E-state index contributed by atoms with van der Waals surface area (Å²) < 4.78 is 35.9. The first kappa shape index (κ1) is 16.3. The first-order chi connectivity index (χ1) is 11.4. The molecule has 0 spiro atoms. The number of methoxy groups -OCH3 is 1. The summed E-state index contributed by atoms with van der Waals surface area (Å²) in [7, 11) is -2.61. The number of ether oxygens (including phenoxy) is 1. The van der Waals surface area contributed by atoms with E-state index in [1.165, 1.54) is 13.2 Å². The molecule has 3 aromatic rings. The van der Waals surface area contributed by atoms with Crippen LogP contribution in [0.3, 0.4) is 0 Å². The Morgan fingerprint density at radius 3 is 2.50 bits per heavy atom. The van der Waals surface area contributed by atoms with Crippen LogP contribution in [0.2, 0.25) is 0 Å². The topological polar surface area (TPSA) is 65.5 Å². The van der Waals surface area contributed by atoms with Crippen LogP contribution in [-0.4, -0.2) is 20.5 Å². The lowest BCUT2D eigenvalue weighted by molar-refractivity contribution is 0.398. The zero-order valence-corrected chi connectivity index (χ0v) is 14.4. The summed E-state index contributed by atoms with van der Waals surface area (Å²) in [4.78, 5) is 4.38. The Hall–Kier alpha value is -2.60. The van der Waals surface area contributed by atoms with Gasteiger partial charge >= 0.3 is 10.1 Å². The molecule has 3 rings (SSSR count). The Kier molecular flexibility index (Phi) is 4.15. The van der Waals surface area contributed by atoms with Crippen molar-refractivity contribution in [1.82, 2.24) is 4.98 Å². The predicted octanol–water partition coefficient (Wildman–Crippen LogP) is 3.63. The smallest absolute Gasteiger partial charge is 0.343 e. The molecule has 0 aliphatic carbocycles. The number of rotatable bonds is 4. The molecule has 0 radical (unpaired) electrons. The van der Waals surface area contributed by atoms with Gasteiger partial charge in [-0.05, 0) is 43.7 Å². The Morgan fingerprint density at radius 1 is 0.958 bits per heavy atom. The van der Waals surface area contributed by atoms with Crippen LogP contribution < -0.4 is 8.92 Å². The Labute approximate surface area is 141 Å². The van der Waals surface area contributed by atoms with Crippen LogP contribution in [0.1, 0.15) is 11.3 Å². The van der Waals surface area contributed by atoms with Crippen molar-refractivity contribution in [3.63, 3.8) is 0 Å². The van der Waals surface area contributed by atoms with Crippen LogP contribution in [0.5, 0.6) is 11.5 Å². The highest BCUT2D eigenvalue weighted by Crippen LogP contribution is 2.30. The summed E-state index contributed by atoms with van der Waals surface area (Å²) >= 11 is 0. The minimum absolute atomic E-state index is 0.0137. The maximum atomic E-state index is 12.7. The van der Waals surface area contributed by atoms with Gasteiger partial charge in [-0.2, -0.15) is 8.42 Å². The number of pyridine rings is 1. The number of hydrogen-bond donors (Lipinski definition) is 0. The second-order valence-electron chi connectivity index (χ2n) is 5.47. The average Bonchev–Trinajstić information content (AvgIpc) is 2.54. The fraction of sp³-hybridized carbons (Fsp3) is 0.167. The fourth-order valence-corrected chi connectivity index (χ4v) is 3.51. The van der Waals surface area contributed by atoms with E-state index in [0.29, 0.717) is 5.52 Å². The molecule has 0 amide bonds. The van der Waals surface area contributed by atoms with Crippen molar-refractivity contribution in [2.45, 2.75) is 18.7 Å². The van der Waals surface area contributed by atoms with Crippen LogP contribution in [0, 0.1) is 13.8 Å². The van der Waals surface area contributed by atoms with E-state index < -0.39 is 10.1 Å². The summed E-state index contributed by atoms with van der Waals surface area (Å²) in [6.07, 6.45) is 0. The number of aryl methyl sites for hydroxylation is 2. The molecule has 1 heterocycles. The van der Waals surface area contributed by atoms with E-state index in [2.05, 4.69) is 4.98 Å². The summed E-state index contributed by atoms with van der Waals surface area (Å²) in [5.41, 5.74) is 2.18. The molecule has 6 heteroatoms. The Bertz CT molecular complexity index is 1010. The van der Waals surface area contributed by atoms with Gasteiger partial charge in [0.1, 0.15) is 16.2 Å². The van der Waals surface area contributed by atoms with Crippen molar-refractivity contribution in [1.29, 1.82) is 0 Å². The van der Waals surface area contributed by atoms with Gasteiger partial charge in [0.25, 0.3) is 0 Å². The molecule has 0 unspecified atom stereocenters. The second kappa shape index (κ2) is 6.13. The molecule has 0 atom stereocenters. The minimum atomic E-state index is -4.04. The first-order valence-corrected chi connectivity index (χ1v) is 8.77. The third-order valence-corrected chi connectivity index (χ3v) is 4.89. The quantitative estimate of drug-likeness (QED) is 0.677. The standard InChI is InChI=1S/C18H17NO4S/c1-12-7-10-17(16(11-12)22-3)24(20,21)23-15-6-4-5-14-9-8-13(2)19-18(14)15/h4-11H,1-3H3. The van der Waals surface area contributed by atoms with Crippen molar-refractivity contribution >= 4 is 21.0 Å². The van der Waals surface area contributed by atoms with Crippen LogP contribution in [0.15, 0.2) is 53.4 Å². The number of benzene rings is 2. The third-order valence-electron chi connectivity index (χ3n) is 3.61. The van der Waals surface area contributed by atoms with Crippen molar-refractivity contribution < 1.29 is 17.3 Å². The summed E-state index contributed by atoms with van der Waals surface area (Å²) in [6.45, 7) is 3.70. The largest absolute Gasteiger partial charge is 0.495 e. The monoisotopic (exact) mass is 343 g/mol. The van der Waals surface area contributed by atoms with E-state index in [0.717, 1.165) is 16.6 Å². The molecule has 5 nitrogen and oxygen atoms in total. The molecular weight excluding hydrogens is 326 g/mol. The van der Waals surface area contributed by atoms with Crippen molar-refractivity contribution in [3.8, 4) is 11.5 Å². The normalized spacial score (nSPS) is 11.5. The molecule has 0 aliphatic rings. The average molecular weight is 343 g/mol. The second-order valence-corrected chi connectivity index (χ2v) is 6.99. The molecule has 1 aromatic heterocycles. The lowest BCUT2D eigenvalue weighted by Gasteiger charge is -2.12. The zero-order chi connectivity index (χ0) is 17.3. The highest BCUT2D eigenvalue weighted by atomic mass is 32.2. The van der Waals surface area contributed by atoms with Crippen LogP contribution in [0.4, 0.5) is 0 Å². The molecule has 2 aromatic carbocycles. The van der Waals surface area contributed by atoms with Gasteiger partial charge in [0.2, 0.25) is 0 Å². The van der Waals surface area contributed by atoms with Gasteiger partial charge in [-0.25, -0.2) is 4.98 Å². The number of aromatic nitrogens is 1. The Balaban J connectivity index is 2.09. The van der Waals surface area contributed by atoms with E-state index >= 15 is 0 Å².